The Morgan fingerprint density at radius 1 is 1.19 bits per heavy atom. The van der Waals surface area contributed by atoms with Crippen LogP contribution in [0.15, 0.2) is 48.8 Å². The maximum absolute atomic E-state index is 12.2. The van der Waals surface area contributed by atoms with Gasteiger partial charge in [0.2, 0.25) is 0 Å². The van der Waals surface area contributed by atoms with E-state index in [1.165, 1.54) is 0 Å². The lowest BCUT2D eigenvalue weighted by atomic mass is 10.1. The summed E-state index contributed by atoms with van der Waals surface area (Å²) in [5, 5.41) is 8.74. The Balaban J connectivity index is 1.56. The van der Waals surface area contributed by atoms with Crippen molar-refractivity contribution < 1.29 is 9.53 Å². The Hall–Kier alpha value is -2.87. The first kappa shape index (κ1) is 13.1. The van der Waals surface area contributed by atoms with Crippen LogP contribution in [0, 0.1) is 11.3 Å². The van der Waals surface area contributed by atoms with E-state index in [1.807, 2.05) is 6.07 Å². The molecular weight excluding hydrogens is 266 g/mol. The monoisotopic (exact) mass is 279 g/mol. The number of ether oxygens (including phenoxy) is 1. The molecule has 0 N–H and O–H groups in total. The lowest BCUT2D eigenvalue weighted by Crippen LogP contribution is -2.56. The third-order valence-electron chi connectivity index (χ3n) is 3.35. The molecule has 0 radical (unpaired) electrons. The number of likely N-dealkylation sites (tertiary alicyclic amines) is 1. The number of nitrogens with zero attached hydrogens (tertiary/aromatic N) is 3. The number of benzene rings is 1. The number of carbonyl (C=O) groups excluding carboxylic acids is 1. The number of rotatable bonds is 3. The summed E-state index contributed by atoms with van der Waals surface area (Å²) in [6, 6.07) is 12.3. The van der Waals surface area contributed by atoms with E-state index in [0.29, 0.717) is 24.2 Å². The molecule has 0 bridgehead atoms. The van der Waals surface area contributed by atoms with Gasteiger partial charge < -0.3 is 9.64 Å². The molecule has 0 unspecified atom stereocenters. The average molecular weight is 279 g/mol. The summed E-state index contributed by atoms with van der Waals surface area (Å²) in [6.07, 6.45) is 3.37. The van der Waals surface area contributed by atoms with Crippen molar-refractivity contribution >= 4 is 5.91 Å². The molecule has 1 saturated heterocycles. The van der Waals surface area contributed by atoms with Crippen LogP contribution in [-0.2, 0) is 0 Å². The van der Waals surface area contributed by atoms with Crippen LogP contribution in [0.1, 0.15) is 15.9 Å². The maximum Gasteiger partial charge on any atom is 0.254 e. The summed E-state index contributed by atoms with van der Waals surface area (Å²) in [5.41, 5.74) is 1.14. The van der Waals surface area contributed by atoms with Gasteiger partial charge in [0.15, 0.2) is 0 Å². The first-order valence-corrected chi connectivity index (χ1v) is 6.62. The topological polar surface area (TPSA) is 66.2 Å². The van der Waals surface area contributed by atoms with Gasteiger partial charge in [-0.15, -0.1) is 0 Å². The Bertz CT molecular complexity index is 671. The largest absolute Gasteiger partial charge is 0.487 e. The highest BCUT2D eigenvalue weighted by Crippen LogP contribution is 2.19. The summed E-state index contributed by atoms with van der Waals surface area (Å²) >= 11 is 0. The van der Waals surface area contributed by atoms with Crippen LogP contribution < -0.4 is 4.74 Å². The summed E-state index contributed by atoms with van der Waals surface area (Å²) in [5.74, 6) is 0.731. The summed E-state index contributed by atoms with van der Waals surface area (Å²) in [6.45, 7) is 1.14. The SMILES string of the molecule is N#Cc1ccc(C(=O)N2CC(Oc3ccncc3)C2)cc1. The lowest BCUT2D eigenvalue weighted by molar-refractivity contribution is 0.0177. The zero-order chi connectivity index (χ0) is 14.7. The van der Waals surface area contributed by atoms with E-state index in [0.717, 1.165) is 5.75 Å². The zero-order valence-corrected chi connectivity index (χ0v) is 11.3. The second-order valence-electron chi connectivity index (χ2n) is 4.82. The van der Waals surface area contributed by atoms with Gasteiger partial charge in [-0.05, 0) is 36.4 Å². The number of amides is 1. The zero-order valence-electron chi connectivity index (χ0n) is 11.3. The number of hydrogen-bond donors (Lipinski definition) is 0. The second kappa shape index (κ2) is 5.63. The predicted octanol–water partition coefficient (Wildman–Crippen LogP) is 1.86. The molecule has 1 aromatic carbocycles. The number of hydrogen-bond acceptors (Lipinski definition) is 4. The third-order valence-corrected chi connectivity index (χ3v) is 3.35. The quantitative estimate of drug-likeness (QED) is 0.860. The predicted molar refractivity (Wildman–Crippen MR) is 75.7 cm³/mol. The maximum atomic E-state index is 12.2. The summed E-state index contributed by atoms with van der Waals surface area (Å²) in [4.78, 5) is 17.9. The molecule has 0 spiro atoms. The Morgan fingerprint density at radius 2 is 1.86 bits per heavy atom. The fourth-order valence-corrected chi connectivity index (χ4v) is 2.16. The van der Waals surface area contributed by atoms with Crippen molar-refractivity contribution in [3.63, 3.8) is 0 Å². The van der Waals surface area contributed by atoms with E-state index in [2.05, 4.69) is 4.98 Å². The molecule has 2 heterocycles. The van der Waals surface area contributed by atoms with Crippen molar-refractivity contribution in [3.8, 4) is 11.8 Å². The molecule has 0 saturated carbocycles. The van der Waals surface area contributed by atoms with Crippen molar-refractivity contribution in [2.45, 2.75) is 6.10 Å². The second-order valence-corrected chi connectivity index (χ2v) is 4.82. The fourth-order valence-electron chi connectivity index (χ4n) is 2.16. The molecule has 3 rings (SSSR count). The molecule has 104 valence electrons. The van der Waals surface area contributed by atoms with Gasteiger partial charge in [-0.2, -0.15) is 5.26 Å². The first-order chi connectivity index (χ1) is 10.3. The van der Waals surface area contributed by atoms with Crippen LogP contribution in [0.25, 0.3) is 0 Å². The van der Waals surface area contributed by atoms with Gasteiger partial charge >= 0.3 is 0 Å². The van der Waals surface area contributed by atoms with Crippen molar-refractivity contribution in [1.82, 2.24) is 9.88 Å². The standard InChI is InChI=1S/C16H13N3O2/c17-9-12-1-3-13(4-2-12)16(20)19-10-15(11-19)21-14-5-7-18-8-6-14/h1-8,15H,10-11H2. The van der Waals surface area contributed by atoms with E-state index in [9.17, 15) is 4.79 Å². The van der Waals surface area contributed by atoms with Crippen LogP contribution in [0.5, 0.6) is 5.75 Å². The number of pyridine rings is 1. The average Bonchev–Trinajstić information content (AvgIpc) is 2.51. The van der Waals surface area contributed by atoms with Gasteiger partial charge in [-0.25, -0.2) is 0 Å². The molecule has 21 heavy (non-hydrogen) atoms. The van der Waals surface area contributed by atoms with Gasteiger partial charge in [0, 0.05) is 18.0 Å². The lowest BCUT2D eigenvalue weighted by Gasteiger charge is -2.39. The number of nitriles is 1. The van der Waals surface area contributed by atoms with E-state index in [-0.39, 0.29) is 12.0 Å². The summed E-state index contributed by atoms with van der Waals surface area (Å²) < 4.78 is 5.73. The highest BCUT2D eigenvalue weighted by atomic mass is 16.5. The molecule has 1 aliphatic heterocycles. The van der Waals surface area contributed by atoms with Crippen molar-refractivity contribution in [2.24, 2.45) is 0 Å². The normalized spacial score (nSPS) is 14.1. The fraction of sp³-hybridized carbons (Fsp3) is 0.188. The molecule has 0 aliphatic carbocycles. The van der Waals surface area contributed by atoms with Crippen LogP contribution in [0.3, 0.4) is 0 Å². The van der Waals surface area contributed by atoms with Crippen molar-refractivity contribution in [3.05, 3.63) is 59.9 Å². The smallest absolute Gasteiger partial charge is 0.254 e. The minimum absolute atomic E-state index is 0.0229. The van der Waals surface area contributed by atoms with Gasteiger partial charge in [0.25, 0.3) is 5.91 Å². The minimum Gasteiger partial charge on any atom is -0.487 e. The van der Waals surface area contributed by atoms with Gasteiger partial charge in [-0.1, -0.05) is 0 Å². The van der Waals surface area contributed by atoms with Crippen molar-refractivity contribution in [1.29, 1.82) is 5.26 Å². The Morgan fingerprint density at radius 3 is 2.48 bits per heavy atom. The van der Waals surface area contributed by atoms with E-state index in [4.69, 9.17) is 10.00 Å². The van der Waals surface area contributed by atoms with Gasteiger partial charge in [-0.3, -0.25) is 9.78 Å². The number of carbonyl (C=O) groups is 1. The molecule has 1 aromatic heterocycles. The molecule has 1 aliphatic rings. The van der Waals surface area contributed by atoms with Crippen LogP contribution in [0.4, 0.5) is 0 Å². The van der Waals surface area contributed by atoms with E-state index in [1.54, 1.807) is 53.7 Å². The Kier molecular flexibility index (Phi) is 3.52. The first-order valence-electron chi connectivity index (χ1n) is 6.62. The van der Waals surface area contributed by atoms with Gasteiger partial charge in [0.1, 0.15) is 11.9 Å². The third kappa shape index (κ3) is 2.84. The molecule has 0 atom stereocenters. The molecule has 5 nitrogen and oxygen atoms in total. The number of aromatic nitrogens is 1. The van der Waals surface area contributed by atoms with Crippen LogP contribution >= 0.6 is 0 Å². The summed E-state index contributed by atoms with van der Waals surface area (Å²) in [7, 11) is 0. The van der Waals surface area contributed by atoms with E-state index >= 15 is 0 Å². The highest BCUT2D eigenvalue weighted by Gasteiger charge is 2.32. The van der Waals surface area contributed by atoms with E-state index < -0.39 is 0 Å². The highest BCUT2D eigenvalue weighted by molar-refractivity contribution is 5.94. The van der Waals surface area contributed by atoms with Crippen LogP contribution in [0.2, 0.25) is 0 Å². The molecular formula is C16H13N3O2. The Labute approximate surface area is 122 Å². The molecule has 1 fully saturated rings. The molecule has 1 amide bonds. The van der Waals surface area contributed by atoms with Crippen LogP contribution in [-0.4, -0.2) is 35.0 Å². The van der Waals surface area contributed by atoms with Gasteiger partial charge in [0.05, 0.1) is 24.7 Å². The molecule has 5 heteroatoms. The molecule has 2 aromatic rings. The minimum atomic E-state index is -0.0333. The van der Waals surface area contributed by atoms with Crippen molar-refractivity contribution in [2.75, 3.05) is 13.1 Å².